The summed E-state index contributed by atoms with van der Waals surface area (Å²) in [5.74, 6) is -1.74. The molecule has 0 spiro atoms. The molecule has 0 radical (unpaired) electrons. The lowest BCUT2D eigenvalue weighted by molar-refractivity contribution is 0.506. The van der Waals surface area contributed by atoms with Gasteiger partial charge < -0.3 is 5.73 Å². The second-order valence-electron chi connectivity index (χ2n) is 3.00. The van der Waals surface area contributed by atoms with E-state index in [1.165, 1.54) is 6.07 Å². The summed E-state index contributed by atoms with van der Waals surface area (Å²) in [6, 6.07) is 3.18. The number of nitrogens with two attached hydrogens (primary N) is 1. The van der Waals surface area contributed by atoms with Crippen LogP contribution in [0.1, 0.15) is 18.5 Å². The Balaban J connectivity index is 0.00000169. The minimum Gasteiger partial charge on any atom is -0.321 e. The molecule has 0 amide bonds. The number of rotatable bonds is 2. The summed E-state index contributed by atoms with van der Waals surface area (Å²) in [4.78, 5) is 0. The summed E-state index contributed by atoms with van der Waals surface area (Å²) in [7, 11) is 0. The number of hydrogen-bond donors (Lipinski definition) is 1. The van der Waals surface area contributed by atoms with Crippen molar-refractivity contribution in [3.63, 3.8) is 0 Å². The van der Waals surface area contributed by atoms with Gasteiger partial charge in [-0.2, -0.15) is 0 Å². The predicted octanol–water partition coefficient (Wildman–Crippen LogP) is 2.96. The van der Waals surface area contributed by atoms with Gasteiger partial charge in [0.05, 0.1) is 6.04 Å². The van der Waals surface area contributed by atoms with Crippen molar-refractivity contribution < 1.29 is 8.78 Å². The SMILES string of the molecule is C=C(C)C(N)c1ccc(F)c(F)c1.Cl. The first kappa shape index (κ1) is 13.1. The monoisotopic (exact) mass is 219 g/mol. The molecule has 1 aromatic carbocycles. The van der Waals surface area contributed by atoms with Crippen LogP contribution in [0.3, 0.4) is 0 Å². The quantitative estimate of drug-likeness (QED) is 0.761. The highest BCUT2D eigenvalue weighted by atomic mass is 35.5. The lowest BCUT2D eigenvalue weighted by Gasteiger charge is -2.11. The molecule has 0 saturated carbocycles. The van der Waals surface area contributed by atoms with E-state index in [2.05, 4.69) is 6.58 Å². The zero-order valence-corrected chi connectivity index (χ0v) is 8.57. The van der Waals surface area contributed by atoms with Gasteiger partial charge in [-0.05, 0) is 24.6 Å². The normalized spacial score (nSPS) is 11.7. The zero-order chi connectivity index (χ0) is 10.0. The van der Waals surface area contributed by atoms with Gasteiger partial charge in [-0.3, -0.25) is 0 Å². The fraction of sp³-hybridized carbons (Fsp3) is 0.200. The molecule has 1 unspecified atom stereocenters. The van der Waals surface area contributed by atoms with Crippen molar-refractivity contribution in [1.82, 2.24) is 0 Å². The van der Waals surface area contributed by atoms with Crippen molar-refractivity contribution in [2.24, 2.45) is 5.73 Å². The van der Waals surface area contributed by atoms with Gasteiger partial charge in [0.2, 0.25) is 0 Å². The molecule has 0 fully saturated rings. The van der Waals surface area contributed by atoms with Gasteiger partial charge in [0, 0.05) is 0 Å². The molecule has 1 atom stereocenters. The highest BCUT2D eigenvalue weighted by molar-refractivity contribution is 5.85. The Morgan fingerprint density at radius 1 is 1.36 bits per heavy atom. The van der Waals surface area contributed by atoms with Crippen LogP contribution in [0.25, 0.3) is 0 Å². The number of hydrogen-bond acceptors (Lipinski definition) is 1. The maximum absolute atomic E-state index is 12.7. The van der Waals surface area contributed by atoms with Crippen LogP contribution in [0.15, 0.2) is 30.4 Å². The van der Waals surface area contributed by atoms with E-state index >= 15 is 0 Å². The second-order valence-corrected chi connectivity index (χ2v) is 3.00. The molecule has 0 aliphatic rings. The van der Waals surface area contributed by atoms with Crippen molar-refractivity contribution in [1.29, 1.82) is 0 Å². The van der Waals surface area contributed by atoms with Gasteiger partial charge in [0.1, 0.15) is 0 Å². The van der Waals surface area contributed by atoms with Crippen LogP contribution in [0.4, 0.5) is 8.78 Å². The van der Waals surface area contributed by atoms with Crippen LogP contribution in [-0.4, -0.2) is 0 Å². The lowest BCUT2D eigenvalue weighted by Crippen LogP contribution is -2.11. The largest absolute Gasteiger partial charge is 0.321 e. The lowest BCUT2D eigenvalue weighted by atomic mass is 10.0. The summed E-state index contributed by atoms with van der Waals surface area (Å²) in [6.07, 6.45) is 0. The van der Waals surface area contributed by atoms with Gasteiger partial charge in [0.15, 0.2) is 11.6 Å². The summed E-state index contributed by atoms with van der Waals surface area (Å²) in [5.41, 5.74) is 6.92. The van der Waals surface area contributed by atoms with Gasteiger partial charge in [-0.15, -0.1) is 12.4 Å². The Kier molecular flexibility index (Phi) is 4.74. The van der Waals surface area contributed by atoms with Crippen LogP contribution in [0.5, 0.6) is 0 Å². The molecular formula is C10H12ClF2N. The molecular weight excluding hydrogens is 208 g/mol. The molecule has 14 heavy (non-hydrogen) atoms. The summed E-state index contributed by atoms with van der Waals surface area (Å²) in [5, 5.41) is 0. The number of halogens is 3. The maximum atomic E-state index is 12.7. The van der Waals surface area contributed by atoms with Gasteiger partial charge in [0.25, 0.3) is 0 Å². The molecule has 0 heterocycles. The van der Waals surface area contributed by atoms with E-state index in [0.717, 1.165) is 12.1 Å². The van der Waals surface area contributed by atoms with E-state index in [1.807, 2.05) is 0 Å². The summed E-state index contributed by atoms with van der Waals surface area (Å²) >= 11 is 0. The van der Waals surface area contributed by atoms with E-state index in [9.17, 15) is 8.78 Å². The molecule has 0 aliphatic carbocycles. The zero-order valence-electron chi connectivity index (χ0n) is 7.76. The smallest absolute Gasteiger partial charge is 0.159 e. The minimum absolute atomic E-state index is 0. The first-order valence-electron chi connectivity index (χ1n) is 3.88. The van der Waals surface area contributed by atoms with Crippen molar-refractivity contribution in [2.75, 3.05) is 0 Å². The van der Waals surface area contributed by atoms with Crippen molar-refractivity contribution in [2.45, 2.75) is 13.0 Å². The highest BCUT2D eigenvalue weighted by Gasteiger charge is 2.09. The van der Waals surface area contributed by atoms with Crippen LogP contribution >= 0.6 is 12.4 Å². The highest BCUT2D eigenvalue weighted by Crippen LogP contribution is 2.19. The van der Waals surface area contributed by atoms with Crippen molar-refractivity contribution >= 4 is 12.4 Å². The molecule has 1 aromatic rings. The average molecular weight is 220 g/mol. The third-order valence-corrected chi connectivity index (χ3v) is 1.83. The Morgan fingerprint density at radius 3 is 2.36 bits per heavy atom. The van der Waals surface area contributed by atoms with Gasteiger partial charge in [-0.1, -0.05) is 18.2 Å². The van der Waals surface area contributed by atoms with E-state index in [-0.39, 0.29) is 12.4 Å². The van der Waals surface area contributed by atoms with Crippen LogP contribution in [0.2, 0.25) is 0 Å². The van der Waals surface area contributed by atoms with E-state index < -0.39 is 17.7 Å². The van der Waals surface area contributed by atoms with Crippen LogP contribution < -0.4 is 5.73 Å². The van der Waals surface area contributed by atoms with Gasteiger partial charge >= 0.3 is 0 Å². The molecule has 1 rings (SSSR count). The Bertz CT molecular complexity index is 339. The molecule has 0 saturated heterocycles. The molecule has 0 aliphatic heterocycles. The molecule has 0 bridgehead atoms. The Labute approximate surface area is 88.0 Å². The van der Waals surface area contributed by atoms with Crippen molar-refractivity contribution in [3.05, 3.63) is 47.5 Å². The first-order valence-corrected chi connectivity index (χ1v) is 3.88. The fourth-order valence-electron chi connectivity index (χ4n) is 0.990. The van der Waals surface area contributed by atoms with E-state index in [4.69, 9.17) is 5.73 Å². The predicted molar refractivity (Wildman–Crippen MR) is 55.3 cm³/mol. The summed E-state index contributed by atoms with van der Waals surface area (Å²) in [6.45, 7) is 5.38. The Hall–Kier alpha value is -0.930. The molecule has 78 valence electrons. The van der Waals surface area contributed by atoms with E-state index in [1.54, 1.807) is 6.92 Å². The molecule has 0 aromatic heterocycles. The van der Waals surface area contributed by atoms with Crippen LogP contribution in [-0.2, 0) is 0 Å². The first-order chi connectivity index (χ1) is 6.02. The fourth-order valence-corrected chi connectivity index (χ4v) is 0.990. The van der Waals surface area contributed by atoms with Gasteiger partial charge in [-0.25, -0.2) is 8.78 Å². The number of benzene rings is 1. The van der Waals surface area contributed by atoms with E-state index in [0.29, 0.717) is 11.1 Å². The Morgan fingerprint density at radius 2 is 1.93 bits per heavy atom. The molecule has 2 N–H and O–H groups in total. The third-order valence-electron chi connectivity index (χ3n) is 1.83. The average Bonchev–Trinajstić information content (AvgIpc) is 2.08. The maximum Gasteiger partial charge on any atom is 0.159 e. The standard InChI is InChI=1S/C10H11F2N.ClH/c1-6(2)10(13)7-3-4-8(11)9(12)5-7;/h3-5,10H,1,13H2,2H3;1H. The summed E-state index contributed by atoms with van der Waals surface area (Å²) < 4.78 is 25.3. The topological polar surface area (TPSA) is 26.0 Å². The third kappa shape index (κ3) is 2.79. The van der Waals surface area contributed by atoms with Crippen LogP contribution in [0, 0.1) is 11.6 Å². The minimum atomic E-state index is -0.880. The van der Waals surface area contributed by atoms with Crippen molar-refractivity contribution in [3.8, 4) is 0 Å². The second kappa shape index (κ2) is 5.08. The molecule has 1 nitrogen and oxygen atoms in total. The molecule has 4 heteroatoms.